The summed E-state index contributed by atoms with van der Waals surface area (Å²) in [4.78, 5) is 31.5. The Hall–Kier alpha value is -2.16. The summed E-state index contributed by atoms with van der Waals surface area (Å²) in [6.07, 6.45) is -0.526. The number of β-amino-alcohol motifs (C(OH)–C–C–N with tert-alkyl or cyclic N) is 1. The minimum Gasteiger partial charge on any atom is -0.391 e. The van der Waals surface area contributed by atoms with Crippen LogP contribution >= 0.6 is 11.8 Å². The van der Waals surface area contributed by atoms with Crippen molar-refractivity contribution in [3.8, 4) is 0 Å². The third kappa shape index (κ3) is 5.19. The van der Waals surface area contributed by atoms with Crippen LogP contribution in [0.15, 0.2) is 41.5 Å². The van der Waals surface area contributed by atoms with Crippen molar-refractivity contribution >= 4 is 29.1 Å². The fraction of sp³-hybridized carbons (Fsp3) is 0.522. The van der Waals surface area contributed by atoms with Crippen LogP contribution < -0.4 is 11.1 Å². The number of carbonyl (C=O) groups is 2. The van der Waals surface area contributed by atoms with E-state index in [1.165, 1.54) is 4.90 Å². The van der Waals surface area contributed by atoms with E-state index in [2.05, 4.69) is 16.9 Å². The Morgan fingerprint density at radius 3 is 2.52 bits per heavy atom. The predicted octanol–water partition coefficient (Wildman–Crippen LogP) is 2.53. The first-order valence-corrected chi connectivity index (χ1v) is 11.4. The van der Waals surface area contributed by atoms with E-state index in [0.29, 0.717) is 0 Å². The van der Waals surface area contributed by atoms with Gasteiger partial charge >= 0.3 is 0 Å². The van der Waals surface area contributed by atoms with Gasteiger partial charge in [-0.1, -0.05) is 63.4 Å². The van der Waals surface area contributed by atoms with E-state index in [4.69, 9.17) is 5.73 Å². The minimum absolute atomic E-state index is 0.120. The number of nitrogens with zero attached hydrogens (tertiary/aromatic N) is 2. The number of thioether (sulfide) groups is 1. The number of aliphatic hydroxyl groups excluding tert-OH is 1. The molecule has 5 atom stereocenters. The number of nitrogens with one attached hydrogen (secondary N) is 1. The minimum atomic E-state index is -0.745. The van der Waals surface area contributed by atoms with Crippen LogP contribution in [-0.4, -0.2) is 52.1 Å². The lowest BCUT2D eigenvalue weighted by Crippen LogP contribution is -2.55. The molecule has 0 bridgehead atoms. The molecule has 0 spiro atoms. The highest BCUT2D eigenvalue weighted by molar-refractivity contribution is 8.12. The summed E-state index contributed by atoms with van der Waals surface area (Å²) in [5, 5.41) is 13.2. The molecule has 1 aromatic rings. The predicted molar refractivity (Wildman–Crippen MR) is 125 cm³/mol. The van der Waals surface area contributed by atoms with E-state index >= 15 is 0 Å². The molecular weight excluding hydrogens is 412 g/mol. The van der Waals surface area contributed by atoms with Crippen LogP contribution in [0, 0.1) is 5.41 Å². The molecule has 1 fully saturated rings. The zero-order chi connectivity index (χ0) is 22.9. The third-order valence-electron chi connectivity index (χ3n) is 5.88. The molecule has 168 valence electrons. The maximum atomic E-state index is 13.0. The molecule has 2 amide bonds. The lowest BCUT2D eigenvalue weighted by molar-refractivity contribution is -0.141. The Balaban J connectivity index is 1.66. The van der Waals surface area contributed by atoms with Crippen LogP contribution in [0.3, 0.4) is 0 Å². The number of nitrogens with two attached hydrogens (primary N) is 1. The summed E-state index contributed by atoms with van der Waals surface area (Å²) < 4.78 is 0. The van der Waals surface area contributed by atoms with Gasteiger partial charge in [0.05, 0.1) is 34.7 Å². The Labute approximate surface area is 188 Å². The molecule has 1 aromatic carbocycles. The van der Waals surface area contributed by atoms with Gasteiger partial charge in [-0.2, -0.15) is 0 Å². The number of benzene rings is 1. The number of hydrogen-bond acceptors (Lipinski definition) is 6. The molecule has 2 aliphatic heterocycles. The molecular formula is C23H32N4O3S. The lowest BCUT2D eigenvalue weighted by atomic mass is 9.86. The van der Waals surface area contributed by atoms with Gasteiger partial charge < -0.3 is 21.1 Å². The number of rotatable bonds is 5. The van der Waals surface area contributed by atoms with Crippen molar-refractivity contribution in [2.24, 2.45) is 16.1 Å². The van der Waals surface area contributed by atoms with Gasteiger partial charge in [0.25, 0.3) is 0 Å². The number of aliphatic imine (C=N–C) groups is 1. The standard InChI is InChI=1S/C23H32N4O3S/c1-13(15-6-8-16(9-7-15)19-14(2)25-12-31-19)26-21(29)18-10-17(28)11-27(18)22(30)20(24)23(3,4)5/h6-9,12-13,17-20,28H,2,10-11,24H2,1,3-5H3,(H,26,29)/t13-,17+,18-,19?,20+/m0/s1. The molecule has 0 saturated carbocycles. The average Bonchev–Trinajstić information content (AvgIpc) is 3.31. The molecule has 4 N–H and O–H groups in total. The molecule has 0 aromatic heterocycles. The topological polar surface area (TPSA) is 108 Å². The average molecular weight is 445 g/mol. The van der Waals surface area contributed by atoms with Crippen LogP contribution in [0.4, 0.5) is 0 Å². The van der Waals surface area contributed by atoms with Gasteiger partial charge in [-0.3, -0.25) is 14.6 Å². The fourth-order valence-corrected chi connectivity index (χ4v) is 4.63. The summed E-state index contributed by atoms with van der Waals surface area (Å²) in [6.45, 7) is 11.6. The third-order valence-corrected chi connectivity index (χ3v) is 6.92. The van der Waals surface area contributed by atoms with E-state index < -0.39 is 23.6 Å². The molecule has 0 radical (unpaired) electrons. The second kappa shape index (κ2) is 9.14. The highest BCUT2D eigenvalue weighted by Gasteiger charge is 2.42. The zero-order valence-corrected chi connectivity index (χ0v) is 19.4. The van der Waals surface area contributed by atoms with E-state index in [1.54, 1.807) is 17.3 Å². The number of amides is 2. The molecule has 1 unspecified atom stereocenters. The maximum Gasteiger partial charge on any atom is 0.243 e. The normalized spacial score (nSPS) is 25.5. The van der Waals surface area contributed by atoms with Gasteiger partial charge in [0.2, 0.25) is 11.8 Å². The first kappa shape index (κ1) is 23.5. The smallest absolute Gasteiger partial charge is 0.243 e. The number of carbonyl (C=O) groups excluding carboxylic acids is 2. The molecule has 8 heteroatoms. The van der Waals surface area contributed by atoms with Gasteiger partial charge in [-0.05, 0) is 23.5 Å². The van der Waals surface area contributed by atoms with E-state index in [9.17, 15) is 14.7 Å². The molecule has 1 saturated heterocycles. The van der Waals surface area contributed by atoms with Crippen molar-refractivity contribution in [3.05, 3.63) is 47.7 Å². The van der Waals surface area contributed by atoms with Crippen molar-refractivity contribution in [3.63, 3.8) is 0 Å². The van der Waals surface area contributed by atoms with Crippen LogP contribution in [0.1, 0.15) is 56.5 Å². The van der Waals surface area contributed by atoms with Crippen LogP contribution in [-0.2, 0) is 9.59 Å². The van der Waals surface area contributed by atoms with Crippen molar-refractivity contribution in [1.82, 2.24) is 10.2 Å². The van der Waals surface area contributed by atoms with Crippen molar-refractivity contribution in [1.29, 1.82) is 0 Å². The summed E-state index contributed by atoms with van der Waals surface area (Å²) in [5.74, 6) is -0.589. The first-order valence-electron chi connectivity index (χ1n) is 10.5. The number of hydrogen-bond donors (Lipinski definition) is 3. The van der Waals surface area contributed by atoms with Gasteiger partial charge in [-0.15, -0.1) is 0 Å². The lowest BCUT2D eigenvalue weighted by Gasteiger charge is -2.32. The van der Waals surface area contributed by atoms with Gasteiger partial charge in [0, 0.05) is 13.0 Å². The monoisotopic (exact) mass is 444 g/mol. The molecule has 7 nitrogen and oxygen atoms in total. The Bertz CT molecular complexity index is 878. The van der Waals surface area contributed by atoms with Gasteiger partial charge in [-0.25, -0.2) is 0 Å². The zero-order valence-electron chi connectivity index (χ0n) is 18.5. The molecule has 31 heavy (non-hydrogen) atoms. The Morgan fingerprint density at radius 2 is 1.97 bits per heavy atom. The quantitative estimate of drug-likeness (QED) is 0.647. The molecule has 2 aliphatic rings. The van der Waals surface area contributed by atoms with E-state index in [1.807, 2.05) is 52.0 Å². The largest absolute Gasteiger partial charge is 0.391 e. The van der Waals surface area contributed by atoms with E-state index in [-0.39, 0.29) is 36.1 Å². The highest BCUT2D eigenvalue weighted by atomic mass is 32.2. The van der Waals surface area contributed by atoms with Gasteiger partial charge in [0.15, 0.2) is 0 Å². The summed E-state index contributed by atoms with van der Waals surface area (Å²) >= 11 is 1.62. The molecule has 0 aliphatic carbocycles. The number of aliphatic hydroxyl groups is 1. The van der Waals surface area contributed by atoms with Crippen molar-refractivity contribution in [2.45, 2.75) is 63.6 Å². The van der Waals surface area contributed by atoms with E-state index in [0.717, 1.165) is 16.8 Å². The first-order chi connectivity index (χ1) is 14.5. The highest BCUT2D eigenvalue weighted by Crippen LogP contribution is 2.39. The summed E-state index contributed by atoms with van der Waals surface area (Å²) in [7, 11) is 0. The van der Waals surface area contributed by atoms with Gasteiger partial charge in [0.1, 0.15) is 6.04 Å². The SMILES string of the molecule is C=C1N=CSC1c1ccc([C@H](C)NC(=O)[C@@H]2C[C@@H](O)CN2C(=O)[C@@H](N)C(C)(C)C)cc1. The molecule has 2 heterocycles. The maximum absolute atomic E-state index is 13.0. The van der Waals surface area contributed by atoms with Crippen LogP contribution in [0.2, 0.25) is 0 Å². The second-order valence-corrected chi connectivity index (χ2v) is 10.3. The molecule has 3 rings (SSSR count). The second-order valence-electron chi connectivity index (χ2n) is 9.38. The van der Waals surface area contributed by atoms with Crippen molar-refractivity contribution < 1.29 is 14.7 Å². The van der Waals surface area contributed by atoms with Crippen LogP contribution in [0.5, 0.6) is 0 Å². The Kier molecular flexibility index (Phi) is 6.93. The summed E-state index contributed by atoms with van der Waals surface area (Å²) in [6, 6.07) is 6.28. The fourth-order valence-electron chi connectivity index (χ4n) is 3.78. The number of likely N-dealkylation sites (tertiary alicyclic amines) is 1. The summed E-state index contributed by atoms with van der Waals surface area (Å²) in [5.41, 5.74) is 10.4. The Morgan fingerprint density at radius 1 is 1.32 bits per heavy atom. The van der Waals surface area contributed by atoms with Crippen LogP contribution in [0.25, 0.3) is 0 Å². The van der Waals surface area contributed by atoms with Crippen molar-refractivity contribution in [2.75, 3.05) is 6.54 Å².